The first kappa shape index (κ1) is 16.3. The molecule has 0 aliphatic rings. The van der Waals surface area contributed by atoms with Gasteiger partial charge in [-0.25, -0.2) is 4.57 Å². The lowest BCUT2D eigenvalue weighted by Crippen LogP contribution is -1.96. The van der Waals surface area contributed by atoms with E-state index in [4.69, 9.17) is 48.4 Å². The van der Waals surface area contributed by atoms with Gasteiger partial charge >= 0.3 is 7.82 Å². The molecule has 0 bridgehead atoms. The van der Waals surface area contributed by atoms with Crippen LogP contribution in [0.1, 0.15) is 13.8 Å². The first-order valence-electron chi connectivity index (χ1n) is 4.39. The van der Waals surface area contributed by atoms with Crippen molar-refractivity contribution in [3.8, 4) is 0 Å². The van der Waals surface area contributed by atoms with E-state index in [-0.39, 0.29) is 22.7 Å². The molecule has 0 spiro atoms. The number of rotatable bonds is 7. The van der Waals surface area contributed by atoms with Gasteiger partial charge in [-0.2, -0.15) is 0 Å². The molecule has 16 heavy (non-hydrogen) atoms. The molecule has 0 aromatic heterocycles. The number of allylic oxidation sites excluding steroid dienone is 2. The van der Waals surface area contributed by atoms with Crippen LogP contribution in [0.4, 0.5) is 0 Å². The second-order valence-corrected chi connectivity index (χ2v) is 5.39. The Bertz CT molecular complexity index is 302. The van der Waals surface area contributed by atoms with Gasteiger partial charge < -0.3 is 4.52 Å². The van der Waals surface area contributed by atoms with Gasteiger partial charge in [0.15, 0.2) is 0 Å². The second-order valence-electron chi connectivity index (χ2n) is 2.32. The molecule has 0 unspecified atom stereocenters. The fourth-order valence-corrected chi connectivity index (χ4v) is 2.30. The summed E-state index contributed by atoms with van der Waals surface area (Å²) in [5.41, 5.74) is 0. The van der Waals surface area contributed by atoms with Crippen LogP contribution in [-0.2, 0) is 18.1 Å². The van der Waals surface area contributed by atoms with Crippen LogP contribution in [0, 0.1) is 0 Å². The van der Waals surface area contributed by atoms with Crippen LogP contribution >= 0.6 is 42.6 Å². The minimum Gasteiger partial charge on any atom is -0.410 e. The monoisotopic (exact) mass is 308 g/mol. The van der Waals surface area contributed by atoms with Crippen molar-refractivity contribution < 1.29 is 18.1 Å². The standard InChI is InChI=1S/C8H12Cl3O4P/c1-3-13-16(12,14-4-2)15-6-7(9)5-8(10)11/h5-6H,3-4H2,1-2H3/b7-6+. The number of hydrogen-bond donors (Lipinski definition) is 0. The topological polar surface area (TPSA) is 44.8 Å². The van der Waals surface area contributed by atoms with Crippen molar-refractivity contribution in [2.75, 3.05) is 13.2 Å². The lowest BCUT2D eigenvalue weighted by Gasteiger charge is -2.14. The Hall–Kier alpha value is 0.300. The average molecular weight is 310 g/mol. The van der Waals surface area contributed by atoms with Gasteiger partial charge in [0.05, 0.1) is 18.2 Å². The van der Waals surface area contributed by atoms with E-state index in [9.17, 15) is 4.57 Å². The van der Waals surface area contributed by atoms with Gasteiger partial charge in [0.1, 0.15) is 10.8 Å². The minimum atomic E-state index is -3.59. The van der Waals surface area contributed by atoms with Gasteiger partial charge in [-0.05, 0) is 19.9 Å². The SMILES string of the molecule is CCOP(=O)(O/C=C(/Cl)C=C(Cl)Cl)OCC. The summed E-state index contributed by atoms with van der Waals surface area (Å²) in [6, 6.07) is 0. The summed E-state index contributed by atoms with van der Waals surface area (Å²) in [6.07, 6.45) is 2.21. The lowest BCUT2D eigenvalue weighted by atomic mass is 10.6. The first-order chi connectivity index (χ1) is 7.43. The highest BCUT2D eigenvalue weighted by Gasteiger charge is 2.25. The second kappa shape index (κ2) is 8.40. The van der Waals surface area contributed by atoms with Gasteiger partial charge in [0, 0.05) is 0 Å². The molecular formula is C8H12Cl3O4P. The zero-order valence-corrected chi connectivity index (χ0v) is 11.9. The molecule has 94 valence electrons. The Balaban J connectivity index is 4.53. The molecule has 0 radical (unpaired) electrons. The van der Waals surface area contributed by atoms with E-state index >= 15 is 0 Å². The third-order valence-electron chi connectivity index (χ3n) is 1.12. The van der Waals surface area contributed by atoms with Gasteiger partial charge in [0.25, 0.3) is 0 Å². The van der Waals surface area contributed by atoms with E-state index in [1.807, 2.05) is 0 Å². The number of phosphoric acid groups is 1. The number of hydrogen-bond acceptors (Lipinski definition) is 4. The van der Waals surface area contributed by atoms with Crippen molar-refractivity contribution in [3.05, 3.63) is 21.9 Å². The van der Waals surface area contributed by atoms with E-state index in [1.165, 1.54) is 6.08 Å². The first-order valence-corrected chi connectivity index (χ1v) is 6.99. The molecule has 0 N–H and O–H groups in total. The van der Waals surface area contributed by atoms with Crippen LogP contribution < -0.4 is 0 Å². The zero-order chi connectivity index (χ0) is 12.6. The highest BCUT2D eigenvalue weighted by molar-refractivity contribution is 7.48. The highest BCUT2D eigenvalue weighted by Crippen LogP contribution is 2.49. The van der Waals surface area contributed by atoms with Gasteiger partial charge in [0.2, 0.25) is 0 Å². The van der Waals surface area contributed by atoms with Crippen molar-refractivity contribution in [3.63, 3.8) is 0 Å². The molecule has 0 rings (SSSR count). The number of phosphoric ester groups is 1. The molecule has 0 saturated heterocycles. The average Bonchev–Trinajstić information content (AvgIpc) is 2.15. The van der Waals surface area contributed by atoms with Crippen molar-refractivity contribution in [2.45, 2.75) is 13.8 Å². The summed E-state index contributed by atoms with van der Waals surface area (Å²) in [4.78, 5) is 0. The quantitative estimate of drug-likeness (QED) is 0.392. The van der Waals surface area contributed by atoms with Gasteiger partial charge in [-0.15, -0.1) is 0 Å². The maximum absolute atomic E-state index is 11.7. The van der Waals surface area contributed by atoms with Crippen molar-refractivity contribution in [1.29, 1.82) is 0 Å². The lowest BCUT2D eigenvalue weighted by molar-refractivity contribution is 0.153. The van der Waals surface area contributed by atoms with E-state index in [2.05, 4.69) is 0 Å². The van der Waals surface area contributed by atoms with Crippen LogP contribution in [0.5, 0.6) is 0 Å². The molecule has 0 aliphatic carbocycles. The van der Waals surface area contributed by atoms with Gasteiger partial charge in [-0.1, -0.05) is 34.8 Å². The molecule has 8 heteroatoms. The van der Waals surface area contributed by atoms with Crippen molar-refractivity contribution in [1.82, 2.24) is 0 Å². The molecule has 0 aromatic rings. The van der Waals surface area contributed by atoms with E-state index in [0.717, 1.165) is 6.26 Å². The predicted molar refractivity (Wildman–Crippen MR) is 65.7 cm³/mol. The Kier molecular flexibility index (Phi) is 8.56. The summed E-state index contributed by atoms with van der Waals surface area (Å²) in [5.74, 6) is 0. The molecule has 0 heterocycles. The molecule has 0 amide bonds. The Labute approximate surface area is 110 Å². The van der Waals surface area contributed by atoms with Crippen molar-refractivity contribution >= 4 is 42.6 Å². The highest BCUT2D eigenvalue weighted by atomic mass is 35.5. The summed E-state index contributed by atoms with van der Waals surface area (Å²) in [5, 5.41) is 0.0691. The van der Waals surface area contributed by atoms with E-state index in [1.54, 1.807) is 13.8 Å². The molecule has 0 saturated carbocycles. The smallest absolute Gasteiger partial charge is 0.410 e. The van der Waals surface area contributed by atoms with E-state index < -0.39 is 7.82 Å². The van der Waals surface area contributed by atoms with Gasteiger partial charge in [-0.3, -0.25) is 9.05 Å². The van der Waals surface area contributed by atoms with E-state index in [0.29, 0.717) is 0 Å². The van der Waals surface area contributed by atoms with Crippen LogP contribution in [0.25, 0.3) is 0 Å². The summed E-state index contributed by atoms with van der Waals surface area (Å²) in [6.45, 7) is 3.70. The van der Waals surface area contributed by atoms with Crippen LogP contribution in [0.15, 0.2) is 21.9 Å². The Morgan fingerprint density at radius 1 is 1.19 bits per heavy atom. The minimum absolute atomic E-state index is 0.0486. The van der Waals surface area contributed by atoms with Crippen molar-refractivity contribution in [2.24, 2.45) is 0 Å². The molecule has 0 fully saturated rings. The fraction of sp³-hybridized carbons (Fsp3) is 0.500. The summed E-state index contributed by atoms with van der Waals surface area (Å²) in [7, 11) is -3.59. The number of halogens is 3. The molecule has 4 nitrogen and oxygen atoms in total. The normalized spacial score (nSPS) is 12.4. The third kappa shape index (κ3) is 7.55. The fourth-order valence-electron chi connectivity index (χ4n) is 0.668. The zero-order valence-electron chi connectivity index (χ0n) is 8.78. The Morgan fingerprint density at radius 3 is 2.06 bits per heavy atom. The molecule has 0 aromatic carbocycles. The summed E-state index contributed by atoms with van der Waals surface area (Å²) >= 11 is 16.4. The maximum atomic E-state index is 11.7. The molecule has 0 atom stereocenters. The molecular weight excluding hydrogens is 297 g/mol. The largest absolute Gasteiger partial charge is 0.529 e. The maximum Gasteiger partial charge on any atom is 0.529 e. The van der Waals surface area contributed by atoms with Crippen LogP contribution in [-0.4, -0.2) is 13.2 Å². The van der Waals surface area contributed by atoms with Crippen LogP contribution in [0.2, 0.25) is 0 Å². The Morgan fingerprint density at radius 2 is 1.69 bits per heavy atom. The summed E-state index contributed by atoms with van der Waals surface area (Å²) < 4.78 is 26.2. The van der Waals surface area contributed by atoms with Crippen LogP contribution in [0.3, 0.4) is 0 Å². The molecule has 0 aliphatic heterocycles. The predicted octanol–water partition coefficient (Wildman–Crippen LogP) is 4.58. The third-order valence-corrected chi connectivity index (χ3v) is 3.04.